The van der Waals surface area contributed by atoms with Crippen LogP contribution in [-0.2, 0) is 9.57 Å². The molecule has 2 unspecified atom stereocenters. The third kappa shape index (κ3) is 9.24. The number of rotatable bonds is 13. The number of amides is 2. The Kier molecular flexibility index (Phi) is 11.3. The van der Waals surface area contributed by atoms with Crippen molar-refractivity contribution >= 4 is 6.03 Å². The van der Waals surface area contributed by atoms with Crippen LogP contribution in [0.3, 0.4) is 0 Å². The van der Waals surface area contributed by atoms with Gasteiger partial charge < -0.3 is 10.1 Å². The molecule has 0 aromatic heterocycles. The predicted molar refractivity (Wildman–Crippen MR) is 114 cm³/mol. The van der Waals surface area contributed by atoms with Gasteiger partial charge in [0.25, 0.3) is 0 Å². The highest BCUT2D eigenvalue weighted by Gasteiger charge is 2.19. The molecule has 160 valence electrons. The highest BCUT2D eigenvalue weighted by Crippen LogP contribution is 2.18. The van der Waals surface area contributed by atoms with Crippen LogP contribution >= 0.6 is 0 Å². The number of unbranched alkanes of at least 4 members (excludes halogenated alkanes) is 4. The Hall–Kier alpha value is -1.33. The van der Waals surface area contributed by atoms with Gasteiger partial charge in [-0.1, -0.05) is 56.4 Å². The first-order valence-electron chi connectivity index (χ1n) is 11.3. The maximum absolute atomic E-state index is 12.2. The van der Waals surface area contributed by atoms with Gasteiger partial charge in [0.1, 0.15) is 0 Å². The van der Waals surface area contributed by atoms with E-state index in [1.54, 1.807) is 7.05 Å². The van der Waals surface area contributed by atoms with Crippen LogP contribution in [0.2, 0.25) is 0 Å². The number of urea groups is 1. The molecule has 0 radical (unpaired) electrons. The zero-order chi connectivity index (χ0) is 20.0. The van der Waals surface area contributed by atoms with E-state index in [-0.39, 0.29) is 12.1 Å². The lowest BCUT2D eigenvalue weighted by Crippen LogP contribution is -2.41. The second-order valence-electron chi connectivity index (χ2n) is 8.11. The number of carbonyl (C=O) groups is 1. The number of hydrogen-bond donors (Lipinski definition) is 1. The van der Waals surface area contributed by atoms with Crippen LogP contribution in [0, 0.1) is 5.92 Å². The van der Waals surface area contributed by atoms with Crippen molar-refractivity contribution in [2.45, 2.75) is 83.7 Å². The zero-order valence-corrected chi connectivity index (χ0v) is 18.0. The number of allylic oxidation sites excluding steroid dienone is 4. The summed E-state index contributed by atoms with van der Waals surface area (Å²) in [6, 6.07) is -0.156. The number of hydrogen-bond acceptors (Lipinski definition) is 3. The summed E-state index contributed by atoms with van der Waals surface area (Å²) in [6.07, 6.45) is 20.0. The molecule has 1 aliphatic heterocycles. The van der Waals surface area contributed by atoms with E-state index in [9.17, 15) is 4.79 Å². The lowest BCUT2D eigenvalue weighted by atomic mass is 10.00. The molecule has 1 N–H and O–H groups in total. The lowest BCUT2D eigenvalue weighted by Gasteiger charge is -2.24. The topological polar surface area (TPSA) is 50.8 Å². The zero-order valence-electron chi connectivity index (χ0n) is 18.0. The minimum absolute atomic E-state index is 0.114. The quantitative estimate of drug-likeness (QED) is 0.338. The molecule has 0 bridgehead atoms. The SMILES string of the molecule is CCC(CCCCCCCC1=CCCC=C1)ON(C)C(=O)NCC1CCOC1. The molecule has 0 aromatic rings. The van der Waals surface area contributed by atoms with Crippen LogP contribution in [0.5, 0.6) is 0 Å². The van der Waals surface area contributed by atoms with Crippen molar-refractivity contribution in [2.24, 2.45) is 5.92 Å². The van der Waals surface area contributed by atoms with Gasteiger partial charge in [-0.15, -0.1) is 0 Å². The number of carbonyl (C=O) groups excluding carboxylic acids is 1. The summed E-state index contributed by atoms with van der Waals surface area (Å²) in [7, 11) is 1.71. The summed E-state index contributed by atoms with van der Waals surface area (Å²) in [5.41, 5.74) is 1.52. The van der Waals surface area contributed by atoms with Crippen molar-refractivity contribution in [3.63, 3.8) is 0 Å². The minimum atomic E-state index is -0.156. The Morgan fingerprint density at radius 2 is 2.11 bits per heavy atom. The van der Waals surface area contributed by atoms with Gasteiger partial charge in [-0.2, -0.15) is 0 Å². The van der Waals surface area contributed by atoms with Crippen LogP contribution in [-0.4, -0.2) is 44.0 Å². The van der Waals surface area contributed by atoms with E-state index in [0.717, 1.165) is 38.9 Å². The molecule has 0 aromatic carbocycles. The summed E-state index contributed by atoms with van der Waals surface area (Å²) in [5, 5.41) is 4.31. The van der Waals surface area contributed by atoms with Crippen molar-refractivity contribution in [3.05, 3.63) is 23.8 Å². The Labute approximate surface area is 171 Å². The highest BCUT2D eigenvalue weighted by molar-refractivity contribution is 5.72. The van der Waals surface area contributed by atoms with Crippen LogP contribution in [0.25, 0.3) is 0 Å². The molecule has 28 heavy (non-hydrogen) atoms. The van der Waals surface area contributed by atoms with Crippen LogP contribution in [0.1, 0.15) is 77.6 Å². The fourth-order valence-electron chi connectivity index (χ4n) is 3.77. The second-order valence-corrected chi connectivity index (χ2v) is 8.11. The Balaban J connectivity index is 1.49. The minimum Gasteiger partial charge on any atom is -0.381 e. The molecule has 2 aliphatic rings. The van der Waals surface area contributed by atoms with Gasteiger partial charge >= 0.3 is 6.03 Å². The monoisotopic (exact) mass is 392 g/mol. The van der Waals surface area contributed by atoms with Crippen molar-refractivity contribution in [2.75, 3.05) is 26.8 Å². The van der Waals surface area contributed by atoms with Crippen LogP contribution < -0.4 is 5.32 Å². The van der Waals surface area contributed by atoms with Crippen molar-refractivity contribution in [1.29, 1.82) is 0 Å². The third-order valence-electron chi connectivity index (χ3n) is 5.68. The third-order valence-corrected chi connectivity index (χ3v) is 5.68. The van der Waals surface area contributed by atoms with Gasteiger partial charge in [-0.3, -0.25) is 4.84 Å². The molecule has 5 heteroatoms. The van der Waals surface area contributed by atoms with Crippen molar-refractivity contribution in [3.8, 4) is 0 Å². The molecule has 5 nitrogen and oxygen atoms in total. The molecule has 0 spiro atoms. The van der Waals surface area contributed by atoms with Gasteiger partial charge in [0.2, 0.25) is 0 Å². The molecule has 1 fully saturated rings. The fourth-order valence-corrected chi connectivity index (χ4v) is 3.77. The first-order chi connectivity index (χ1) is 13.7. The van der Waals surface area contributed by atoms with E-state index >= 15 is 0 Å². The number of hydroxylamine groups is 2. The Morgan fingerprint density at radius 3 is 2.82 bits per heavy atom. The van der Waals surface area contributed by atoms with Crippen LogP contribution in [0.4, 0.5) is 4.79 Å². The maximum atomic E-state index is 12.2. The highest BCUT2D eigenvalue weighted by atomic mass is 16.7. The summed E-state index contributed by atoms with van der Waals surface area (Å²) < 4.78 is 5.34. The van der Waals surface area contributed by atoms with E-state index in [4.69, 9.17) is 9.57 Å². The normalized spacial score (nSPS) is 20.1. The average molecular weight is 393 g/mol. The molecule has 2 rings (SSSR count). The van der Waals surface area contributed by atoms with Gasteiger partial charge in [0.15, 0.2) is 0 Å². The molecular formula is C23H40N2O3. The average Bonchev–Trinajstić information content (AvgIpc) is 3.24. The predicted octanol–water partition coefficient (Wildman–Crippen LogP) is 5.38. The summed E-state index contributed by atoms with van der Waals surface area (Å²) in [4.78, 5) is 18.0. The number of ether oxygens (including phenoxy) is 1. The Morgan fingerprint density at radius 1 is 1.29 bits per heavy atom. The molecule has 1 heterocycles. The van der Waals surface area contributed by atoms with Crippen molar-refractivity contribution < 1.29 is 14.4 Å². The molecular weight excluding hydrogens is 352 g/mol. The fraction of sp³-hybridized carbons (Fsp3) is 0.783. The molecule has 2 atom stereocenters. The summed E-state index contributed by atoms with van der Waals surface area (Å²) in [6.45, 7) is 4.34. The van der Waals surface area contributed by atoms with Gasteiger partial charge in [-0.25, -0.2) is 9.86 Å². The number of nitrogens with one attached hydrogen (secondary N) is 1. The van der Waals surface area contributed by atoms with E-state index < -0.39 is 0 Å². The molecule has 1 aliphatic carbocycles. The van der Waals surface area contributed by atoms with E-state index in [1.807, 2.05) is 0 Å². The first kappa shape index (κ1) is 23.0. The van der Waals surface area contributed by atoms with E-state index in [0.29, 0.717) is 12.5 Å². The van der Waals surface area contributed by atoms with Gasteiger partial charge in [0.05, 0.1) is 12.7 Å². The molecule has 0 saturated carbocycles. The van der Waals surface area contributed by atoms with Gasteiger partial charge in [-0.05, 0) is 44.9 Å². The molecule has 2 amide bonds. The maximum Gasteiger partial charge on any atom is 0.341 e. The summed E-state index contributed by atoms with van der Waals surface area (Å²) in [5.74, 6) is 0.435. The van der Waals surface area contributed by atoms with Crippen molar-refractivity contribution in [1.82, 2.24) is 10.4 Å². The smallest absolute Gasteiger partial charge is 0.341 e. The number of nitrogens with zero attached hydrogens (tertiary/aromatic N) is 1. The largest absolute Gasteiger partial charge is 0.381 e. The van der Waals surface area contributed by atoms with E-state index in [1.165, 1.54) is 55.6 Å². The van der Waals surface area contributed by atoms with E-state index in [2.05, 4.69) is 30.5 Å². The molecule has 1 saturated heterocycles. The van der Waals surface area contributed by atoms with Gasteiger partial charge in [0, 0.05) is 26.1 Å². The first-order valence-corrected chi connectivity index (χ1v) is 11.3. The standard InChI is InChI=1S/C23H40N2O3/c1-3-22(28-25(2)23(26)24-18-21-16-17-27-19-21)15-11-6-4-5-8-12-20-13-9-7-10-14-20/h9,13-14,21-22H,3-8,10-12,15-19H2,1-2H3,(H,24,26). The Bertz CT molecular complexity index is 498. The summed E-state index contributed by atoms with van der Waals surface area (Å²) >= 11 is 0. The van der Waals surface area contributed by atoms with Crippen LogP contribution in [0.15, 0.2) is 23.8 Å². The second kappa shape index (κ2) is 13.8. The lowest BCUT2D eigenvalue weighted by molar-refractivity contribution is -0.147.